The molecule has 0 bridgehead atoms. The second-order valence-corrected chi connectivity index (χ2v) is 19.1. The van der Waals surface area contributed by atoms with Crippen LogP contribution in [0.25, 0.3) is 10.9 Å². The molecule has 4 N–H and O–H groups in total. The third kappa shape index (κ3) is 10.1. The van der Waals surface area contributed by atoms with Gasteiger partial charge in [0, 0.05) is 79.8 Å². The number of fused-ring (bicyclic) bond motifs is 2. The number of piperidine rings is 2. The molecule has 21 heteroatoms. The molecule has 6 amide bonds. The molecule has 0 spiro atoms. The van der Waals surface area contributed by atoms with E-state index in [4.69, 9.17) is 9.47 Å². The first-order valence-electron chi connectivity index (χ1n) is 24.1. The van der Waals surface area contributed by atoms with Crippen molar-refractivity contribution in [3.05, 3.63) is 108 Å². The van der Waals surface area contributed by atoms with Crippen molar-refractivity contribution in [1.82, 2.24) is 25.0 Å². The Bertz CT molecular complexity index is 3020. The number of pyridine rings is 1. The predicted molar refractivity (Wildman–Crippen MR) is 259 cm³/mol. The second kappa shape index (κ2) is 19.8. The Morgan fingerprint density at radius 1 is 0.822 bits per heavy atom. The average molecular weight is 1010 g/mol. The number of nitrogens with one attached hydrogen (secondary N) is 4. The Labute approximate surface area is 416 Å². The lowest BCUT2D eigenvalue weighted by atomic mass is 9.95. The van der Waals surface area contributed by atoms with Crippen molar-refractivity contribution in [1.29, 1.82) is 0 Å². The Balaban J connectivity index is 0.710. The molecule has 0 radical (unpaired) electrons. The number of anilines is 4. The molecule has 1 atom stereocenters. The Kier molecular flexibility index (Phi) is 13.2. The number of amides is 6. The molecule has 17 nitrogen and oxygen atoms in total. The molecule has 10 rings (SSSR count). The van der Waals surface area contributed by atoms with Crippen LogP contribution < -0.4 is 35.6 Å². The molecule has 4 fully saturated rings. The lowest BCUT2D eigenvalue weighted by Crippen LogP contribution is -2.59. The number of hydrogen-bond donors (Lipinski definition) is 4. The van der Waals surface area contributed by atoms with Gasteiger partial charge in [0.05, 0.1) is 37.1 Å². The number of benzene rings is 4. The number of imide groups is 1. The van der Waals surface area contributed by atoms with Crippen molar-refractivity contribution >= 4 is 69.1 Å². The van der Waals surface area contributed by atoms with Crippen molar-refractivity contribution < 1.29 is 55.8 Å². The number of nitrogens with zero attached hydrogens (tertiary/aromatic N) is 5. The molecule has 3 saturated heterocycles. The molecule has 1 saturated carbocycles. The van der Waals surface area contributed by atoms with Gasteiger partial charge in [-0.05, 0) is 117 Å². The van der Waals surface area contributed by atoms with Crippen molar-refractivity contribution in [2.24, 2.45) is 11.3 Å². The van der Waals surface area contributed by atoms with E-state index in [1.807, 2.05) is 12.1 Å². The van der Waals surface area contributed by atoms with Gasteiger partial charge in [-0.15, -0.1) is 0 Å². The van der Waals surface area contributed by atoms with Crippen molar-refractivity contribution in [3.63, 3.8) is 0 Å². The highest BCUT2D eigenvalue weighted by molar-refractivity contribution is 6.17. The van der Waals surface area contributed by atoms with E-state index in [1.54, 1.807) is 43.6 Å². The van der Waals surface area contributed by atoms with Crippen molar-refractivity contribution in [3.8, 4) is 17.2 Å². The van der Waals surface area contributed by atoms with Crippen LogP contribution in [-0.2, 0) is 30.5 Å². The molecule has 5 heterocycles. The molecule has 5 aliphatic rings. The third-order valence-electron chi connectivity index (χ3n) is 14.4. The maximum absolute atomic E-state index is 15.8. The van der Waals surface area contributed by atoms with Crippen LogP contribution in [0, 0.1) is 23.0 Å². The zero-order chi connectivity index (χ0) is 51.2. The van der Waals surface area contributed by atoms with Gasteiger partial charge in [-0.1, -0.05) is 0 Å². The molecule has 4 aliphatic heterocycles. The summed E-state index contributed by atoms with van der Waals surface area (Å²) in [5, 5.41) is 10.9. The van der Waals surface area contributed by atoms with Crippen LogP contribution in [0.3, 0.4) is 0 Å². The van der Waals surface area contributed by atoms with Crippen molar-refractivity contribution in [2.45, 2.75) is 57.2 Å². The van der Waals surface area contributed by atoms with E-state index in [2.05, 4.69) is 31.2 Å². The standard InChI is InChI=1S/C52H51F4N9O8/c1-72-43-24-36-39(57-19-14-42(36)73-34-8-6-33(7-9-34)59-50(71)51(17-18-51)49(70)58-32-4-2-31(53)3-5-32)25-41(43)63-20-15-30(16-21-63)26-64-23-22-62(29-52(64,55)56)28-45(67)60-46-37-27-65(40-12-13-44(66)61-47(40)68)48(69)35(37)10-11-38(46)54/h2-11,14,19,24-25,30,40H,12-13,15-18,20-23,26-29H2,1H3,(H,58,70)(H,59,71)(H,60,67)(H,61,66,68)/t40-/m0/s1. The highest BCUT2D eigenvalue weighted by atomic mass is 19.3. The predicted octanol–water partition coefficient (Wildman–Crippen LogP) is 6.50. The number of aromatic nitrogens is 1. The lowest BCUT2D eigenvalue weighted by molar-refractivity contribution is -0.189. The van der Waals surface area contributed by atoms with Gasteiger partial charge >= 0.3 is 6.05 Å². The highest BCUT2D eigenvalue weighted by Gasteiger charge is 2.56. The van der Waals surface area contributed by atoms with Crippen LogP contribution in [0.1, 0.15) is 54.4 Å². The summed E-state index contributed by atoms with van der Waals surface area (Å²) in [6.45, 7) is 0.154. The second-order valence-electron chi connectivity index (χ2n) is 19.1. The van der Waals surface area contributed by atoms with E-state index in [0.29, 0.717) is 78.3 Å². The molecule has 0 unspecified atom stereocenters. The summed E-state index contributed by atoms with van der Waals surface area (Å²) in [5.41, 5.74) is 1.12. The Morgan fingerprint density at radius 3 is 2.18 bits per heavy atom. The van der Waals surface area contributed by atoms with Gasteiger partial charge in [0.2, 0.25) is 29.5 Å². The van der Waals surface area contributed by atoms with Crippen LogP contribution in [0.4, 0.5) is 40.3 Å². The zero-order valence-corrected chi connectivity index (χ0v) is 39.7. The van der Waals surface area contributed by atoms with Gasteiger partial charge in [-0.25, -0.2) is 13.7 Å². The number of piperazine rings is 1. The summed E-state index contributed by atoms with van der Waals surface area (Å²) in [6.07, 6.45) is 3.81. The zero-order valence-electron chi connectivity index (χ0n) is 39.7. The number of methoxy groups -OCH3 is 1. The van der Waals surface area contributed by atoms with Gasteiger partial charge in [-0.3, -0.25) is 44.0 Å². The lowest BCUT2D eigenvalue weighted by Gasteiger charge is -2.43. The minimum atomic E-state index is -3.25. The molecule has 73 heavy (non-hydrogen) atoms. The topological polar surface area (TPSA) is 195 Å². The molecule has 1 aliphatic carbocycles. The van der Waals surface area contributed by atoms with Crippen LogP contribution in [0.2, 0.25) is 0 Å². The number of carbonyl (C=O) groups is 6. The van der Waals surface area contributed by atoms with Gasteiger partial charge in [0.15, 0.2) is 0 Å². The Hall–Kier alpha value is -7.65. The minimum Gasteiger partial charge on any atom is -0.495 e. The molecular weight excluding hydrogens is 955 g/mol. The largest absolute Gasteiger partial charge is 0.495 e. The van der Waals surface area contributed by atoms with E-state index in [0.717, 1.165) is 16.7 Å². The van der Waals surface area contributed by atoms with Crippen LogP contribution in [0.5, 0.6) is 17.2 Å². The van der Waals surface area contributed by atoms with E-state index >= 15 is 13.2 Å². The van der Waals surface area contributed by atoms with Crippen LogP contribution in [0.15, 0.2) is 85.1 Å². The van der Waals surface area contributed by atoms with E-state index in [1.165, 1.54) is 40.1 Å². The molecular formula is C52H51F4N9O8. The maximum atomic E-state index is 15.8. The third-order valence-corrected chi connectivity index (χ3v) is 14.4. The van der Waals surface area contributed by atoms with Gasteiger partial charge in [0.25, 0.3) is 5.91 Å². The maximum Gasteiger partial charge on any atom is 0.317 e. The summed E-state index contributed by atoms with van der Waals surface area (Å²) in [6, 6.07) is 15.7. The summed E-state index contributed by atoms with van der Waals surface area (Å²) in [4.78, 5) is 87.4. The van der Waals surface area contributed by atoms with Gasteiger partial charge < -0.3 is 35.2 Å². The number of hydrogen-bond acceptors (Lipinski definition) is 12. The molecule has 5 aromatic rings. The monoisotopic (exact) mass is 1010 g/mol. The quantitative estimate of drug-likeness (QED) is 0.0409. The smallest absolute Gasteiger partial charge is 0.317 e. The fraction of sp³-hybridized carbons (Fsp3) is 0.365. The summed E-state index contributed by atoms with van der Waals surface area (Å²) < 4.78 is 72.2. The van der Waals surface area contributed by atoms with Gasteiger partial charge in [0.1, 0.15) is 40.3 Å². The Morgan fingerprint density at radius 2 is 1.52 bits per heavy atom. The number of alkyl halides is 2. The van der Waals surface area contributed by atoms with Crippen LogP contribution >= 0.6 is 0 Å². The molecule has 1 aromatic heterocycles. The molecule has 4 aromatic carbocycles. The summed E-state index contributed by atoms with van der Waals surface area (Å²) in [7, 11) is 1.57. The fourth-order valence-electron chi connectivity index (χ4n) is 10.1. The number of carbonyl (C=O) groups excluding carboxylic acids is 6. The van der Waals surface area contributed by atoms with E-state index in [-0.39, 0.29) is 61.8 Å². The summed E-state index contributed by atoms with van der Waals surface area (Å²) in [5.74, 6) is -2.97. The number of rotatable bonds is 14. The van der Waals surface area contributed by atoms with Crippen molar-refractivity contribution in [2.75, 3.05) is 73.8 Å². The number of ether oxygens (including phenoxy) is 2. The normalized spacial score (nSPS) is 19.8. The highest BCUT2D eigenvalue weighted by Crippen LogP contribution is 2.48. The summed E-state index contributed by atoms with van der Waals surface area (Å²) >= 11 is 0. The average Bonchev–Trinajstić information content (AvgIpc) is 4.13. The minimum absolute atomic E-state index is 0.00207. The van der Waals surface area contributed by atoms with E-state index < -0.39 is 77.7 Å². The van der Waals surface area contributed by atoms with Gasteiger partial charge in [-0.2, -0.15) is 8.78 Å². The molecule has 380 valence electrons. The van der Waals surface area contributed by atoms with E-state index in [9.17, 15) is 33.2 Å². The number of halogens is 4. The first-order valence-corrected chi connectivity index (χ1v) is 24.1. The fourth-order valence-corrected chi connectivity index (χ4v) is 10.1. The van der Waals surface area contributed by atoms with Crippen LogP contribution in [-0.4, -0.2) is 120 Å². The SMILES string of the molecule is COc1cc2c(Oc3ccc(NC(=O)C4(C(=O)Nc5ccc(F)cc5)CC4)cc3)ccnc2cc1N1CCC(CN2CCN(CC(=O)Nc3c(F)ccc4c3CN([C@H]3CCC(=O)NC3=O)C4=O)CC2(F)F)CC1. The first-order chi connectivity index (χ1) is 35.1. The first kappa shape index (κ1) is 49.0.